The van der Waals surface area contributed by atoms with Gasteiger partial charge in [-0.1, -0.05) is 0 Å². The van der Waals surface area contributed by atoms with Crippen molar-refractivity contribution in [3.63, 3.8) is 0 Å². The summed E-state index contributed by atoms with van der Waals surface area (Å²) in [4.78, 5) is 9.91. The van der Waals surface area contributed by atoms with Crippen LogP contribution >= 0.6 is 11.6 Å². The highest BCUT2D eigenvalue weighted by atomic mass is 35.5. The number of nitro groups is 1. The fourth-order valence-electron chi connectivity index (χ4n) is 1.32. The van der Waals surface area contributed by atoms with Crippen molar-refractivity contribution in [2.24, 2.45) is 0 Å². The van der Waals surface area contributed by atoms with Crippen molar-refractivity contribution in [1.82, 2.24) is 0 Å². The number of ether oxygens (including phenoxy) is 1. The van der Waals surface area contributed by atoms with Gasteiger partial charge in [-0.25, -0.2) is 8.42 Å². The van der Waals surface area contributed by atoms with Crippen molar-refractivity contribution in [1.29, 1.82) is 0 Å². The third-order valence-corrected chi connectivity index (χ3v) is 4.26. The van der Waals surface area contributed by atoms with Crippen LogP contribution in [0.25, 0.3) is 0 Å². The lowest BCUT2D eigenvalue weighted by molar-refractivity contribution is -0.385. The van der Waals surface area contributed by atoms with E-state index in [9.17, 15) is 18.5 Å². The normalized spacial score (nSPS) is 11.2. The minimum absolute atomic E-state index is 0.126. The van der Waals surface area contributed by atoms with E-state index in [1.165, 1.54) is 19.2 Å². The van der Waals surface area contributed by atoms with Crippen molar-refractivity contribution in [3.8, 4) is 5.75 Å². The van der Waals surface area contributed by atoms with Crippen LogP contribution in [0.4, 0.5) is 5.69 Å². The Bertz CT molecular complexity index is 543. The lowest BCUT2D eigenvalue weighted by atomic mass is 10.3. The number of nitrogens with zero attached hydrogens (tertiary/aromatic N) is 1. The van der Waals surface area contributed by atoms with E-state index in [0.717, 1.165) is 6.07 Å². The van der Waals surface area contributed by atoms with Crippen molar-refractivity contribution >= 4 is 27.1 Å². The number of nitro benzene ring substituents is 1. The molecular weight excluding hydrogens is 282 g/mol. The molecule has 0 fully saturated rings. The quantitative estimate of drug-likeness (QED) is 0.455. The lowest BCUT2D eigenvalue weighted by Gasteiger charge is -2.06. The van der Waals surface area contributed by atoms with Gasteiger partial charge in [-0.3, -0.25) is 10.1 Å². The second-order valence-electron chi connectivity index (χ2n) is 3.49. The van der Waals surface area contributed by atoms with E-state index in [2.05, 4.69) is 0 Å². The molecule has 100 valence electrons. The molecule has 0 saturated heterocycles. The van der Waals surface area contributed by atoms with Crippen LogP contribution in [0.3, 0.4) is 0 Å². The first-order valence-electron chi connectivity index (χ1n) is 5.03. The molecule has 0 aliphatic rings. The zero-order chi connectivity index (χ0) is 13.8. The third kappa shape index (κ3) is 3.58. The van der Waals surface area contributed by atoms with Gasteiger partial charge < -0.3 is 4.74 Å². The summed E-state index contributed by atoms with van der Waals surface area (Å²) >= 11 is 5.44. The maximum absolute atomic E-state index is 11.9. The smallest absolute Gasteiger partial charge is 0.274 e. The van der Waals surface area contributed by atoms with Crippen molar-refractivity contribution in [2.75, 3.05) is 18.7 Å². The second kappa shape index (κ2) is 6.01. The van der Waals surface area contributed by atoms with Crippen molar-refractivity contribution < 1.29 is 18.1 Å². The Morgan fingerprint density at radius 3 is 2.56 bits per heavy atom. The van der Waals surface area contributed by atoms with E-state index < -0.39 is 14.8 Å². The van der Waals surface area contributed by atoms with Gasteiger partial charge in [0.05, 0.1) is 28.7 Å². The Labute approximate surface area is 110 Å². The highest BCUT2D eigenvalue weighted by molar-refractivity contribution is 7.91. The average Bonchev–Trinajstić information content (AvgIpc) is 2.35. The molecule has 8 heteroatoms. The van der Waals surface area contributed by atoms with Gasteiger partial charge in [-0.05, 0) is 12.5 Å². The highest BCUT2D eigenvalue weighted by Gasteiger charge is 2.19. The topological polar surface area (TPSA) is 86.5 Å². The number of benzene rings is 1. The molecule has 0 saturated carbocycles. The number of hydrogen-bond acceptors (Lipinski definition) is 5. The molecule has 0 spiro atoms. The summed E-state index contributed by atoms with van der Waals surface area (Å²) in [6.07, 6.45) is 0.287. The lowest BCUT2D eigenvalue weighted by Crippen LogP contribution is -2.08. The van der Waals surface area contributed by atoms with Crippen molar-refractivity contribution in [3.05, 3.63) is 28.3 Å². The summed E-state index contributed by atoms with van der Waals surface area (Å²) in [5.74, 6) is 0.195. The number of rotatable bonds is 6. The molecule has 1 aromatic carbocycles. The minimum atomic E-state index is -3.58. The molecule has 18 heavy (non-hydrogen) atoms. The highest BCUT2D eigenvalue weighted by Crippen LogP contribution is 2.26. The molecule has 0 bridgehead atoms. The van der Waals surface area contributed by atoms with E-state index in [-0.39, 0.29) is 34.4 Å². The van der Waals surface area contributed by atoms with E-state index in [1.807, 2.05) is 0 Å². The van der Waals surface area contributed by atoms with E-state index >= 15 is 0 Å². The fraction of sp³-hybridized carbons (Fsp3) is 0.400. The van der Waals surface area contributed by atoms with Gasteiger partial charge in [-0.15, -0.1) is 11.6 Å². The molecule has 6 nitrogen and oxygen atoms in total. The molecule has 1 rings (SSSR count). The first-order chi connectivity index (χ1) is 8.40. The standard InChI is InChI=1S/C10H12ClNO5S/c1-17-9-5-8(12(13)14)6-10(7-9)18(15,16)4-2-3-11/h5-7H,2-4H2,1H3. The molecule has 0 N–H and O–H groups in total. The maximum Gasteiger partial charge on any atom is 0.274 e. The Hall–Kier alpha value is -1.34. The Morgan fingerprint density at radius 1 is 1.39 bits per heavy atom. The summed E-state index contributed by atoms with van der Waals surface area (Å²) in [6, 6.07) is 3.45. The van der Waals surface area contributed by atoms with E-state index in [4.69, 9.17) is 16.3 Å². The van der Waals surface area contributed by atoms with Crippen LogP contribution in [-0.4, -0.2) is 32.1 Å². The molecule has 0 aliphatic heterocycles. The summed E-state index contributed by atoms with van der Waals surface area (Å²) in [5, 5.41) is 10.7. The Kier molecular flexibility index (Phi) is 4.92. The van der Waals surface area contributed by atoms with Gasteiger partial charge in [0.2, 0.25) is 0 Å². The van der Waals surface area contributed by atoms with Gasteiger partial charge >= 0.3 is 0 Å². The molecule has 0 aliphatic carbocycles. The largest absolute Gasteiger partial charge is 0.496 e. The van der Waals surface area contributed by atoms with Crippen LogP contribution < -0.4 is 4.74 Å². The minimum Gasteiger partial charge on any atom is -0.496 e. The third-order valence-electron chi connectivity index (χ3n) is 2.22. The van der Waals surface area contributed by atoms with Gasteiger partial charge in [0.15, 0.2) is 9.84 Å². The van der Waals surface area contributed by atoms with Crippen LogP contribution in [-0.2, 0) is 9.84 Å². The Morgan fingerprint density at radius 2 is 2.06 bits per heavy atom. The van der Waals surface area contributed by atoms with Gasteiger partial charge in [0, 0.05) is 11.9 Å². The molecule has 0 radical (unpaired) electrons. The zero-order valence-corrected chi connectivity index (χ0v) is 11.2. The van der Waals surface area contributed by atoms with E-state index in [1.54, 1.807) is 0 Å². The second-order valence-corrected chi connectivity index (χ2v) is 5.97. The summed E-state index contributed by atoms with van der Waals surface area (Å²) < 4.78 is 28.6. The first-order valence-corrected chi connectivity index (χ1v) is 7.21. The maximum atomic E-state index is 11.9. The number of methoxy groups -OCH3 is 1. The molecule has 0 aromatic heterocycles. The fourth-order valence-corrected chi connectivity index (χ4v) is 2.97. The molecule has 0 heterocycles. The summed E-state index contributed by atoms with van der Waals surface area (Å²) in [5.41, 5.74) is -0.321. The van der Waals surface area contributed by atoms with E-state index in [0.29, 0.717) is 0 Å². The van der Waals surface area contributed by atoms with Crippen LogP contribution in [0.15, 0.2) is 23.1 Å². The van der Waals surface area contributed by atoms with Crippen molar-refractivity contribution in [2.45, 2.75) is 11.3 Å². The number of alkyl halides is 1. The number of non-ortho nitro benzene ring substituents is 1. The Balaban J connectivity index is 3.23. The zero-order valence-electron chi connectivity index (χ0n) is 9.63. The molecule has 0 amide bonds. The molecular formula is C10H12ClNO5S. The van der Waals surface area contributed by atoms with Crippen LogP contribution in [0.2, 0.25) is 0 Å². The average molecular weight is 294 g/mol. The molecule has 0 unspecified atom stereocenters. The van der Waals surface area contributed by atoms with Gasteiger partial charge in [0.25, 0.3) is 5.69 Å². The van der Waals surface area contributed by atoms with Crippen LogP contribution in [0.1, 0.15) is 6.42 Å². The van der Waals surface area contributed by atoms with Gasteiger partial charge in [-0.2, -0.15) is 0 Å². The number of sulfone groups is 1. The summed E-state index contributed by atoms with van der Waals surface area (Å²) in [6.45, 7) is 0. The molecule has 0 atom stereocenters. The van der Waals surface area contributed by atoms with Crippen LogP contribution in [0, 0.1) is 10.1 Å². The predicted octanol–water partition coefficient (Wildman–Crippen LogP) is 2.01. The van der Waals surface area contributed by atoms with Crippen LogP contribution in [0.5, 0.6) is 5.75 Å². The first kappa shape index (κ1) is 14.7. The SMILES string of the molecule is COc1cc([N+](=O)[O-])cc(S(=O)(=O)CCCCl)c1. The number of halogens is 1. The molecule has 1 aromatic rings. The van der Waals surface area contributed by atoms with Gasteiger partial charge in [0.1, 0.15) is 5.75 Å². The summed E-state index contributed by atoms with van der Waals surface area (Å²) in [7, 11) is -2.27. The monoisotopic (exact) mass is 293 g/mol. The predicted molar refractivity (Wildman–Crippen MR) is 67.0 cm³/mol. The number of hydrogen-bond donors (Lipinski definition) is 0.